The summed E-state index contributed by atoms with van der Waals surface area (Å²) in [7, 11) is 0. The van der Waals surface area contributed by atoms with Crippen molar-refractivity contribution < 1.29 is 9.18 Å². The van der Waals surface area contributed by atoms with E-state index in [2.05, 4.69) is 13.8 Å². The van der Waals surface area contributed by atoms with Crippen LogP contribution in [0.15, 0.2) is 18.2 Å². The Kier molecular flexibility index (Phi) is 3.39. The van der Waals surface area contributed by atoms with Crippen LogP contribution < -0.4 is 0 Å². The van der Waals surface area contributed by atoms with E-state index in [4.69, 9.17) is 0 Å². The first-order valence-electron chi connectivity index (χ1n) is 4.80. The van der Waals surface area contributed by atoms with E-state index in [1.807, 2.05) is 0 Å². The lowest BCUT2D eigenvalue weighted by Crippen LogP contribution is -2.03. The van der Waals surface area contributed by atoms with Gasteiger partial charge in [0.25, 0.3) is 0 Å². The van der Waals surface area contributed by atoms with Crippen LogP contribution in [-0.2, 0) is 6.42 Å². The van der Waals surface area contributed by atoms with E-state index >= 15 is 0 Å². The molecule has 1 rings (SSSR count). The van der Waals surface area contributed by atoms with Gasteiger partial charge in [-0.15, -0.1) is 0 Å². The summed E-state index contributed by atoms with van der Waals surface area (Å²) in [6, 6.07) is 4.35. The van der Waals surface area contributed by atoms with E-state index in [-0.39, 0.29) is 11.6 Å². The van der Waals surface area contributed by atoms with Crippen LogP contribution in [0.4, 0.5) is 4.39 Å². The first kappa shape index (κ1) is 10.9. The number of carbonyl (C=O) groups excluding carboxylic acids is 1. The maximum absolute atomic E-state index is 12.9. The predicted octanol–water partition coefficient (Wildman–Crippen LogP) is 3.23. The van der Waals surface area contributed by atoms with Crippen LogP contribution in [0.1, 0.15) is 36.7 Å². The molecule has 1 nitrogen and oxygen atoms in total. The minimum absolute atomic E-state index is 0.000602. The number of hydrogen-bond acceptors (Lipinski definition) is 1. The fourth-order valence-corrected chi connectivity index (χ4v) is 1.51. The first-order chi connectivity index (χ1) is 6.50. The van der Waals surface area contributed by atoms with E-state index in [0.29, 0.717) is 11.5 Å². The Morgan fingerprint density at radius 1 is 1.43 bits per heavy atom. The van der Waals surface area contributed by atoms with Crippen molar-refractivity contribution >= 4 is 5.78 Å². The largest absolute Gasteiger partial charge is 0.295 e. The van der Waals surface area contributed by atoms with Gasteiger partial charge in [0, 0.05) is 5.56 Å². The van der Waals surface area contributed by atoms with Crippen molar-refractivity contribution in [3.8, 4) is 0 Å². The number of carbonyl (C=O) groups is 1. The maximum atomic E-state index is 12.9. The van der Waals surface area contributed by atoms with E-state index in [0.717, 1.165) is 12.0 Å². The molecular weight excluding hydrogens is 179 g/mol. The van der Waals surface area contributed by atoms with E-state index in [9.17, 15) is 9.18 Å². The number of Topliss-reactive ketones (excluding diaryl/α,β-unsaturated/α-hetero) is 1. The number of halogens is 1. The van der Waals surface area contributed by atoms with Crippen LogP contribution in [0.25, 0.3) is 0 Å². The molecule has 0 heterocycles. The zero-order valence-electron chi connectivity index (χ0n) is 8.80. The smallest absolute Gasteiger partial charge is 0.160 e. The van der Waals surface area contributed by atoms with Crippen molar-refractivity contribution in [1.29, 1.82) is 0 Å². The van der Waals surface area contributed by atoms with Gasteiger partial charge in [-0.2, -0.15) is 0 Å². The van der Waals surface area contributed by atoms with Crippen molar-refractivity contribution in [3.63, 3.8) is 0 Å². The number of rotatable bonds is 3. The third-order valence-corrected chi connectivity index (χ3v) is 2.07. The van der Waals surface area contributed by atoms with Crippen molar-refractivity contribution in [2.75, 3.05) is 0 Å². The van der Waals surface area contributed by atoms with Crippen molar-refractivity contribution in [3.05, 3.63) is 35.1 Å². The first-order valence-corrected chi connectivity index (χ1v) is 4.80. The summed E-state index contributed by atoms with van der Waals surface area (Å²) < 4.78 is 12.9. The molecule has 0 aromatic heterocycles. The van der Waals surface area contributed by atoms with Crippen LogP contribution >= 0.6 is 0 Å². The third kappa shape index (κ3) is 2.66. The Morgan fingerprint density at radius 3 is 2.57 bits per heavy atom. The molecule has 14 heavy (non-hydrogen) atoms. The topological polar surface area (TPSA) is 17.1 Å². The highest BCUT2D eigenvalue weighted by Crippen LogP contribution is 2.16. The van der Waals surface area contributed by atoms with Crippen molar-refractivity contribution in [2.45, 2.75) is 27.2 Å². The molecule has 0 fully saturated rings. The van der Waals surface area contributed by atoms with Crippen molar-refractivity contribution in [2.24, 2.45) is 5.92 Å². The quantitative estimate of drug-likeness (QED) is 0.675. The Labute approximate surface area is 83.9 Å². The molecule has 1 aromatic carbocycles. The molecule has 0 atom stereocenters. The fourth-order valence-electron chi connectivity index (χ4n) is 1.51. The summed E-state index contributed by atoms with van der Waals surface area (Å²) in [5.74, 6) is 0.154. The molecule has 1 aromatic rings. The molecule has 0 aliphatic carbocycles. The lowest BCUT2D eigenvalue weighted by atomic mass is 9.96. The van der Waals surface area contributed by atoms with Gasteiger partial charge < -0.3 is 0 Å². The molecule has 0 aliphatic rings. The highest BCUT2D eigenvalue weighted by atomic mass is 19.1. The van der Waals surface area contributed by atoms with Crippen LogP contribution in [-0.4, -0.2) is 5.78 Å². The molecule has 2 heteroatoms. The minimum atomic E-state index is -0.273. The summed E-state index contributed by atoms with van der Waals surface area (Å²) in [5, 5.41) is 0. The molecule has 0 radical (unpaired) electrons. The Morgan fingerprint density at radius 2 is 2.07 bits per heavy atom. The number of benzene rings is 1. The summed E-state index contributed by atoms with van der Waals surface area (Å²) in [4.78, 5) is 11.2. The van der Waals surface area contributed by atoms with Gasteiger partial charge >= 0.3 is 0 Å². The number of hydrogen-bond donors (Lipinski definition) is 0. The molecule has 0 unspecified atom stereocenters. The Balaban J connectivity index is 3.09. The monoisotopic (exact) mass is 194 g/mol. The minimum Gasteiger partial charge on any atom is -0.295 e. The normalized spacial score (nSPS) is 10.6. The molecule has 0 saturated heterocycles. The van der Waals surface area contributed by atoms with Gasteiger partial charge in [-0.1, -0.05) is 13.8 Å². The average Bonchev–Trinajstić information content (AvgIpc) is 2.01. The van der Waals surface area contributed by atoms with Gasteiger partial charge in [-0.05, 0) is 43.0 Å². The predicted molar refractivity (Wildman–Crippen MR) is 54.9 cm³/mol. The fraction of sp³-hybridized carbons (Fsp3) is 0.417. The Bertz CT molecular complexity index is 342. The average molecular weight is 194 g/mol. The zero-order valence-corrected chi connectivity index (χ0v) is 8.80. The highest BCUT2D eigenvalue weighted by molar-refractivity contribution is 5.95. The second-order valence-electron chi connectivity index (χ2n) is 3.96. The zero-order chi connectivity index (χ0) is 10.7. The molecule has 0 amide bonds. The summed E-state index contributed by atoms with van der Waals surface area (Å²) in [6.45, 7) is 5.61. The molecule has 76 valence electrons. The lowest BCUT2D eigenvalue weighted by molar-refractivity contribution is 0.101. The van der Waals surface area contributed by atoms with Gasteiger partial charge in [-0.25, -0.2) is 4.39 Å². The van der Waals surface area contributed by atoms with Crippen LogP contribution in [0.2, 0.25) is 0 Å². The van der Waals surface area contributed by atoms with Gasteiger partial charge in [-0.3, -0.25) is 4.79 Å². The van der Waals surface area contributed by atoms with E-state index < -0.39 is 0 Å². The molecular formula is C12H15FO. The second-order valence-corrected chi connectivity index (χ2v) is 3.96. The molecule has 0 aliphatic heterocycles. The maximum Gasteiger partial charge on any atom is 0.160 e. The number of ketones is 1. The summed E-state index contributed by atoms with van der Waals surface area (Å²) in [6.07, 6.45) is 0.743. The molecule has 0 spiro atoms. The van der Waals surface area contributed by atoms with Crippen LogP contribution in [0.5, 0.6) is 0 Å². The van der Waals surface area contributed by atoms with E-state index in [1.165, 1.54) is 19.1 Å². The van der Waals surface area contributed by atoms with Crippen LogP contribution in [0.3, 0.4) is 0 Å². The van der Waals surface area contributed by atoms with Gasteiger partial charge in [0.1, 0.15) is 5.82 Å². The van der Waals surface area contributed by atoms with E-state index in [1.54, 1.807) is 6.07 Å². The highest BCUT2D eigenvalue weighted by Gasteiger charge is 2.09. The van der Waals surface area contributed by atoms with Crippen molar-refractivity contribution in [1.82, 2.24) is 0 Å². The van der Waals surface area contributed by atoms with Crippen LogP contribution in [0, 0.1) is 11.7 Å². The van der Waals surface area contributed by atoms with Gasteiger partial charge in [0.05, 0.1) is 0 Å². The molecule has 0 saturated carbocycles. The summed E-state index contributed by atoms with van der Waals surface area (Å²) >= 11 is 0. The molecule has 0 bridgehead atoms. The van der Waals surface area contributed by atoms with Gasteiger partial charge in [0.15, 0.2) is 5.78 Å². The SMILES string of the molecule is CC(=O)c1ccc(F)cc1CC(C)C. The molecule has 0 N–H and O–H groups in total. The van der Waals surface area contributed by atoms with Gasteiger partial charge in [0.2, 0.25) is 0 Å². The summed E-state index contributed by atoms with van der Waals surface area (Å²) in [5.41, 5.74) is 1.45. The Hall–Kier alpha value is -1.18. The standard InChI is InChI=1S/C12H15FO/c1-8(2)6-10-7-11(13)4-5-12(10)9(3)14/h4-5,7-8H,6H2,1-3H3. The third-order valence-electron chi connectivity index (χ3n) is 2.07. The second kappa shape index (κ2) is 4.36. The lowest BCUT2D eigenvalue weighted by Gasteiger charge is -2.09.